The van der Waals surface area contributed by atoms with Crippen LogP contribution in [0.25, 0.3) is 0 Å². The third-order valence-corrected chi connectivity index (χ3v) is 4.14. The number of nitro groups is 1. The van der Waals surface area contributed by atoms with Crippen LogP contribution in [0.2, 0.25) is 0 Å². The van der Waals surface area contributed by atoms with Gasteiger partial charge in [-0.15, -0.1) is 0 Å². The summed E-state index contributed by atoms with van der Waals surface area (Å²) in [4.78, 5) is 34.6. The molecule has 2 rings (SSSR count). The first kappa shape index (κ1) is 17.7. The molecule has 0 atom stereocenters. The Labute approximate surface area is 138 Å². The van der Waals surface area contributed by atoms with Crippen molar-refractivity contribution in [1.82, 2.24) is 10.2 Å². The second-order valence-electron chi connectivity index (χ2n) is 5.71. The number of carbonyl (C=O) groups is 2. The summed E-state index contributed by atoms with van der Waals surface area (Å²) in [5.74, 6) is -1.87. The number of carboxylic acid groups (broad SMARTS) is 1. The smallest absolute Gasteiger partial charge is 0.317 e. The minimum atomic E-state index is -0.884. The molecule has 0 aromatic heterocycles. The molecule has 0 radical (unpaired) electrons. The van der Waals surface area contributed by atoms with Crippen molar-refractivity contribution in [2.45, 2.75) is 31.8 Å². The Kier molecular flexibility index (Phi) is 5.35. The summed E-state index contributed by atoms with van der Waals surface area (Å²) in [5.41, 5.74) is -0.318. The number of hydrogen-bond donors (Lipinski definition) is 3. The minimum Gasteiger partial charge on any atom is -0.502 e. The Morgan fingerprint density at radius 2 is 2.08 bits per heavy atom. The van der Waals surface area contributed by atoms with Crippen molar-refractivity contribution in [2.75, 3.05) is 13.1 Å². The molecule has 0 unspecified atom stereocenters. The number of benzene rings is 1. The molecule has 0 spiro atoms. The van der Waals surface area contributed by atoms with Gasteiger partial charge in [-0.3, -0.25) is 24.6 Å². The van der Waals surface area contributed by atoms with E-state index in [4.69, 9.17) is 5.11 Å². The molecule has 1 aromatic carbocycles. The van der Waals surface area contributed by atoms with Gasteiger partial charge < -0.3 is 15.5 Å². The fraction of sp³-hybridized carbons (Fsp3) is 0.467. The molecule has 1 aliphatic rings. The van der Waals surface area contributed by atoms with Gasteiger partial charge in [-0.1, -0.05) is 6.92 Å². The van der Waals surface area contributed by atoms with Crippen molar-refractivity contribution in [1.29, 1.82) is 0 Å². The topological polar surface area (TPSA) is 133 Å². The van der Waals surface area contributed by atoms with Gasteiger partial charge in [-0.2, -0.15) is 0 Å². The average molecular weight is 337 g/mol. The molecule has 24 heavy (non-hydrogen) atoms. The Morgan fingerprint density at radius 3 is 2.58 bits per heavy atom. The van der Waals surface area contributed by atoms with E-state index < -0.39 is 28.2 Å². The number of rotatable bonds is 7. The lowest BCUT2D eigenvalue weighted by molar-refractivity contribution is -0.385. The number of likely N-dealkylation sites (N-methyl/N-ethyl adjacent to an activating group) is 1. The number of phenolic OH excluding ortho intramolecular Hbond substituents is 1. The number of carboxylic acids is 1. The van der Waals surface area contributed by atoms with Crippen LogP contribution in [0.4, 0.5) is 5.69 Å². The van der Waals surface area contributed by atoms with E-state index >= 15 is 0 Å². The van der Waals surface area contributed by atoms with E-state index in [9.17, 15) is 24.8 Å². The minimum absolute atomic E-state index is 0.0297. The lowest BCUT2D eigenvalue weighted by Gasteiger charge is -2.42. The lowest BCUT2D eigenvalue weighted by atomic mass is 9.85. The van der Waals surface area contributed by atoms with E-state index in [0.717, 1.165) is 12.1 Å². The van der Waals surface area contributed by atoms with Gasteiger partial charge in [0.15, 0.2) is 5.75 Å². The maximum absolute atomic E-state index is 12.1. The van der Waals surface area contributed by atoms with Crippen LogP contribution in [-0.4, -0.2) is 57.1 Å². The zero-order valence-corrected chi connectivity index (χ0v) is 13.1. The molecule has 9 heteroatoms. The van der Waals surface area contributed by atoms with Crippen molar-refractivity contribution in [3.8, 4) is 5.75 Å². The molecule has 1 fully saturated rings. The van der Waals surface area contributed by atoms with E-state index in [-0.39, 0.29) is 24.2 Å². The number of aromatic hydroxyl groups is 1. The fourth-order valence-corrected chi connectivity index (χ4v) is 2.76. The van der Waals surface area contributed by atoms with Gasteiger partial charge in [-0.05, 0) is 31.5 Å². The van der Waals surface area contributed by atoms with Gasteiger partial charge in [0.25, 0.3) is 5.91 Å². The number of carbonyl (C=O) groups excluding carboxylic acids is 1. The van der Waals surface area contributed by atoms with Crippen molar-refractivity contribution in [3.63, 3.8) is 0 Å². The predicted molar refractivity (Wildman–Crippen MR) is 83.9 cm³/mol. The van der Waals surface area contributed by atoms with E-state index in [1.165, 1.54) is 6.07 Å². The molecule has 3 N–H and O–H groups in total. The molecule has 130 valence electrons. The van der Waals surface area contributed by atoms with Crippen molar-refractivity contribution < 1.29 is 24.7 Å². The van der Waals surface area contributed by atoms with Crippen LogP contribution >= 0.6 is 0 Å². The normalized spacial score (nSPS) is 19.6. The van der Waals surface area contributed by atoms with Crippen LogP contribution in [0.3, 0.4) is 0 Å². The largest absolute Gasteiger partial charge is 0.502 e. The molecule has 9 nitrogen and oxygen atoms in total. The lowest BCUT2D eigenvalue weighted by Crippen LogP contribution is -2.54. The van der Waals surface area contributed by atoms with Crippen molar-refractivity contribution >= 4 is 17.6 Å². The van der Waals surface area contributed by atoms with Crippen LogP contribution in [0.5, 0.6) is 5.75 Å². The molecule has 0 bridgehead atoms. The van der Waals surface area contributed by atoms with Crippen LogP contribution in [-0.2, 0) is 4.79 Å². The van der Waals surface area contributed by atoms with E-state index in [0.29, 0.717) is 19.4 Å². The maximum atomic E-state index is 12.1. The quantitative estimate of drug-likeness (QED) is 0.498. The van der Waals surface area contributed by atoms with Crippen molar-refractivity contribution in [2.24, 2.45) is 0 Å². The summed E-state index contributed by atoms with van der Waals surface area (Å²) in [6, 6.07) is 3.46. The second-order valence-corrected chi connectivity index (χ2v) is 5.71. The molecule has 0 heterocycles. The first-order chi connectivity index (χ1) is 11.3. The zero-order valence-electron chi connectivity index (χ0n) is 13.1. The fourth-order valence-electron chi connectivity index (χ4n) is 2.76. The molecular weight excluding hydrogens is 318 g/mol. The Balaban J connectivity index is 1.90. The van der Waals surface area contributed by atoms with Gasteiger partial charge in [0.05, 0.1) is 11.5 Å². The first-order valence-corrected chi connectivity index (χ1v) is 7.56. The summed E-state index contributed by atoms with van der Waals surface area (Å²) in [7, 11) is 0. The maximum Gasteiger partial charge on any atom is 0.317 e. The Bertz CT molecular complexity index is 657. The van der Waals surface area contributed by atoms with E-state index in [2.05, 4.69) is 5.32 Å². The highest BCUT2D eigenvalue weighted by Gasteiger charge is 2.34. The molecule has 1 aromatic rings. The molecular formula is C15H19N3O6. The number of phenols is 1. The Hall–Kier alpha value is -2.68. The van der Waals surface area contributed by atoms with Gasteiger partial charge in [-0.25, -0.2) is 0 Å². The number of aliphatic carboxylic acids is 1. The summed E-state index contributed by atoms with van der Waals surface area (Å²) in [5, 5.41) is 31.8. The highest BCUT2D eigenvalue weighted by molar-refractivity contribution is 5.95. The number of hydrogen-bond acceptors (Lipinski definition) is 6. The summed E-state index contributed by atoms with van der Waals surface area (Å²) >= 11 is 0. The van der Waals surface area contributed by atoms with E-state index in [1.807, 2.05) is 11.8 Å². The van der Waals surface area contributed by atoms with Crippen LogP contribution < -0.4 is 5.32 Å². The van der Waals surface area contributed by atoms with Crippen LogP contribution in [0, 0.1) is 10.1 Å². The third kappa shape index (κ3) is 3.99. The molecule has 0 aliphatic heterocycles. The number of amides is 1. The number of nitro benzene ring substituents is 1. The van der Waals surface area contributed by atoms with Crippen molar-refractivity contribution in [3.05, 3.63) is 33.9 Å². The molecule has 1 aliphatic carbocycles. The van der Waals surface area contributed by atoms with Gasteiger partial charge in [0.1, 0.15) is 0 Å². The van der Waals surface area contributed by atoms with Gasteiger partial charge >= 0.3 is 11.7 Å². The summed E-state index contributed by atoms with van der Waals surface area (Å²) in [6.45, 7) is 2.47. The third-order valence-electron chi connectivity index (χ3n) is 4.14. The highest BCUT2D eigenvalue weighted by atomic mass is 16.6. The zero-order chi connectivity index (χ0) is 17.9. The van der Waals surface area contributed by atoms with Gasteiger partial charge in [0, 0.05) is 23.7 Å². The standard InChI is InChI=1S/C15H19N3O6/c1-2-17(8-14(20)21)11-6-10(7-11)16-15(22)9-3-4-12(18(23)24)13(19)5-9/h3-5,10-11,19H,2,6-8H2,1H3,(H,16,22)(H,20,21). The average Bonchev–Trinajstić information content (AvgIpc) is 2.47. The van der Waals surface area contributed by atoms with E-state index in [1.54, 1.807) is 0 Å². The highest BCUT2D eigenvalue weighted by Crippen LogP contribution is 2.28. The van der Waals surface area contributed by atoms with Gasteiger partial charge in [0.2, 0.25) is 0 Å². The monoisotopic (exact) mass is 337 g/mol. The second kappa shape index (κ2) is 7.26. The molecule has 1 amide bonds. The van der Waals surface area contributed by atoms with Crippen LogP contribution in [0.1, 0.15) is 30.1 Å². The first-order valence-electron chi connectivity index (χ1n) is 7.56. The SMILES string of the molecule is CCN(CC(=O)O)C1CC(NC(=O)c2ccc([N+](=O)[O-])c(O)c2)C1. The number of nitrogens with zero attached hydrogens (tertiary/aromatic N) is 2. The molecule has 0 saturated heterocycles. The summed E-state index contributed by atoms with van der Waals surface area (Å²) < 4.78 is 0. The summed E-state index contributed by atoms with van der Waals surface area (Å²) in [6.07, 6.45) is 1.29. The van der Waals surface area contributed by atoms with Crippen LogP contribution in [0.15, 0.2) is 18.2 Å². The molecule has 1 saturated carbocycles. The Morgan fingerprint density at radius 1 is 1.42 bits per heavy atom. The predicted octanol–water partition coefficient (Wildman–Crippen LogP) is 0.968. The number of nitrogens with one attached hydrogen (secondary N) is 1.